The standard InChI is InChI=1S/C23H21BrCl2F2N6O3/c1-10(29)30-23(31-15-6-11(25)2-4-13(15)24)18-7-17(22(36)19(9-35)37-18)34-8-16(32-33-34)12-3-5-14(26)21(28)20(12)27/h2-6,8,17-19,22,35-36H,7,9H2,1H3,(H2,29,30,31). The SMILES string of the molecule is CC(N)=NC(=Nc1cc(Cl)ccc1Br)C1CC(n2cc(-c3ccc(Cl)c(F)c3F)nn2)C(O)C(CO)O1. The number of ether oxygens (including phenoxy) is 1. The van der Waals surface area contributed by atoms with Gasteiger partial charge in [-0.05, 0) is 53.2 Å². The van der Waals surface area contributed by atoms with Gasteiger partial charge in [0.15, 0.2) is 17.5 Å². The molecule has 0 radical (unpaired) electrons. The van der Waals surface area contributed by atoms with Gasteiger partial charge >= 0.3 is 0 Å². The topological polar surface area (TPSA) is 131 Å². The Labute approximate surface area is 228 Å². The summed E-state index contributed by atoms with van der Waals surface area (Å²) in [5.74, 6) is -2.01. The van der Waals surface area contributed by atoms with E-state index in [1.165, 1.54) is 23.0 Å². The maximum atomic E-state index is 14.5. The monoisotopic (exact) mass is 616 g/mol. The Morgan fingerprint density at radius 3 is 2.73 bits per heavy atom. The molecule has 37 heavy (non-hydrogen) atoms. The van der Waals surface area contributed by atoms with E-state index in [0.717, 1.165) is 0 Å². The third kappa shape index (κ3) is 6.00. The number of aliphatic imine (C=N–C) groups is 2. The second-order valence-electron chi connectivity index (χ2n) is 8.27. The molecule has 0 spiro atoms. The maximum absolute atomic E-state index is 14.5. The minimum atomic E-state index is -1.22. The molecular formula is C23H21BrCl2F2N6O3. The summed E-state index contributed by atoms with van der Waals surface area (Å²) in [5.41, 5.74) is 6.17. The average molecular weight is 618 g/mol. The van der Waals surface area contributed by atoms with Crippen LogP contribution in [-0.4, -0.2) is 61.8 Å². The molecule has 4 N–H and O–H groups in total. The van der Waals surface area contributed by atoms with Crippen LogP contribution < -0.4 is 5.73 Å². The van der Waals surface area contributed by atoms with Gasteiger partial charge in [-0.25, -0.2) is 23.4 Å². The number of halogens is 5. The molecule has 4 unspecified atom stereocenters. The minimum Gasteiger partial charge on any atom is -0.394 e. The molecule has 4 rings (SSSR count). The van der Waals surface area contributed by atoms with Crippen LogP contribution in [0.1, 0.15) is 19.4 Å². The van der Waals surface area contributed by atoms with E-state index in [9.17, 15) is 19.0 Å². The fourth-order valence-corrected chi connectivity index (χ4v) is 4.51. The lowest BCUT2D eigenvalue weighted by Crippen LogP contribution is -2.50. The molecule has 1 aromatic heterocycles. The highest BCUT2D eigenvalue weighted by molar-refractivity contribution is 9.10. The number of hydrogen-bond donors (Lipinski definition) is 3. The Morgan fingerprint density at radius 1 is 1.27 bits per heavy atom. The number of rotatable bonds is 5. The Morgan fingerprint density at radius 2 is 2.03 bits per heavy atom. The third-order valence-electron chi connectivity index (χ3n) is 5.63. The quantitative estimate of drug-likeness (QED) is 0.220. The summed E-state index contributed by atoms with van der Waals surface area (Å²) >= 11 is 15.2. The van der Waals surface area contributed by atoms with Gasteiger partial charge in [-0.3, -0.25) is 0 Å². The molecule has 1 saturated heterocycles. The van der Waals surface area contributed by atoms with Crippen LogP contribution in [-0.2, 0) is 4.74 Å². The molecule has 3 aromatic rings. The molecular weight excluding hydrogens is 597 g/mol. The summed E-state index contributed by atoms with van der Waals surface area (Å²) in [5, 5.41) is 28.8. The highest BCUT2D eigenvalue weighted by atomic mass is 79.9. The van der Waals surface area contributed by atoms with Crippen LogP contribution in [0.15, 0.2) is 51.0 Å². The van der Waals surface area contributed by atoms with E-state index in [2.05, 4.69) is 36.2 Å². The maximum Gasteiger partial charge on any atom is 0.178 e. The highest BCUT2D eigenvalue weighted by Gasteiger charge is 2.41. The molecule has 0 amide bonds. The lowest BCUT2D eigenvalue weighted by molar-refractivity contribution is -0.137. The van der Waals surface area contributed by atoms with Crippen molar-refractivity contribution in [2.75, 3.05) is 6.61 Å². The van der Waals surface area contributed by atoms with Crippen LogP contribution in [0.3, 0.4) is 0 Å². The van der Waals surface area contributed by atoms with Crippen molar-refractivity contribution in [2.45, 2.75) is 37.7 Å². The van der Waals surface area contributed by atoms with E-state index in [1.54, 1.807) is 25.1 Å². The van der Waals surface area contributed by atoms with Crippen LogP contribution in [0.25, 0.3) is 11.3 Å². The van der Waals surface area contributed by atoms with Gasteiger partial charge in [-0.15, -0.1) is 5.10 Å². The van der Waals surface area contributed by atoms with Crippen molar-refractivity contribution in [2.24, 2.45) is 15.7 Å². The van der Waals surface area contributed by atoms with E-state index in [-0.39, 0.29) is 34.4 Å². The van der Waals surface area contributed by atoms with Crippen molar-refractivity contribution < 1.29 is 23.7 Å². The van der Waals surface area contributed by atoms with Gasteiger partial charge in [0.05, 0.1) is 35.4 Å². The first-order valence-electron chi connectivity index (χ1n) is 10.9. The highest BCUT2D eigenvalue weighted by Crippen LogP contribution is 2.34. The number of amidine groups is 2. The number of hydrogen-bond acceptors (Lipinski definition) is 6. The molecule has 9 nitrogen and oxygen atoms in total. The summed E-state index contributed by atoms with van der Waals surface area (Å²) in [6.07, 6.45) is -1.65. The zero-order chi connectivity index (χ0) is 26.9. The smallest absolute Gasteiger partial charge is 0.178 e. The zero-order valence-electron chi connectivity index (χ0n) is 19.2. The van der Waals surface area contributed by atoms with Crippen LogP contribution >= 0.6 is 39.1 Å². The summed E-state index contributed by atoms with van der Waals surface area (Å²) in [7, 11) is 0. The second-order valence-corrected chi connectivity index (χ2v) is 9.96. The van der Waals surface area contributed by atoms with Crippen LogP contribution in [0.5, 0.6) is 0 Å². The lowest BCUT2D eigenvalue weighted by atomic mass is 9.95. The summed E-state index contributed by atoms with van der Waals surface area (Å²) in [4.78, 5) is 8.88. The van der Waals surface area contributed by atoms with Gasteiger partial charge in [-0.1, -0.05) is 28.4 Å². The predicted molar refractivity (Wildman–Crippen MR) is 139 cm³/mol. The van der Waals surface area contributed by atoms with Gasteiger partial charge in [0.2, 0.25) is 0 Å². The van der Waals surface area contributed by atoms with Gasteiger partial charge in [0.1, 0.15) is 24.0 Å². The molecule has 0 aliphatic carbocycles. The van der Waals surface area contributed by atoms with E-state index < -0.39 is 42.6 Å². The molecule has 2 aromatic carbocycles. The number of benzene rings is 2. The van der Waals surface area contributed by atoms with Crippen molar-refractivity contribution in [3.63, 3.8) is 0 Å². The molecule has 1 aliphatic heterocycles. The lowest BCUT2D eigenvalue weighted by Gasteiger charge is -2.38. The molecule has 1 aliphatic rings. The first kappa shape index (κ1) is 27.6. The fourth-order valence-electron chi connectivity index (χ4n) is 3.87. The Hall–Kier alpha value is -2.48. The molecule has 2 heterocycles. The van der Waals surface area contributed by atoms with Crippen LogP contribution in [0.2, 0.25) is 10.0 Å². The van der Waals surface area contributed by atoms with Crippen molar-refractivity contribution in [3.8, 4) is 11.3 Å². The summed E-state index contributed by atoms with van der Waals surface area (Å²) in [6.45, 7) is 1.05. The number of nitrogens with zero attached hydrogens (tertiary/aromatic N) is 5. The van der Waals surface area contributed by atoms with Crippen molar-refractivity contribution in [1.82, 2.24) is 15.0 Å². The van der Waals surface area contributed by atoms with Gasteiger partial charge in [0.25, 0.3) is 0 Å². The summed E-state index contributed by atoms with van der Waals surface area (Å²) in [6, 6.07) is 6.72. The number of aliphatic hydroxyl groups is 2. The van der Waals surface area contributed by atoms with Gasteiger partial charge in [0, 0.05) is 21.5 Å². The third-order valence-corrected chi connectivity index (χ3v) is 6.83. The zero-order valence-corrected chi connectivity index (χ0v) is 22.3. The first-order valence-corrected chi connectivity index (χ1v) is 12.5. The van der Waals surface area contributed by atoms with E-state index in [1.807, 2.05) is 0 Å². The number of aromatic nitrogens is 3. The van der Waals surface area contributed by atoms with E-state index >= 15 is 0 Å². The molecule has 14 heteroatoms. The van der Waals surface area contributed by atoms with Crippen molar-refractivity contribution in [3.05, 3.63) is 62.7 Å². The molecule has 196 valence electrons. The minimum absolute atomic E-state index is 0.0245. The van der Waals surface area contributed by atoms with E-state index in [4.69, 9.17) is 33.7 Å². The fraction of sp³-hybridized carbons (Fsp3) is 0.304. The Balaban J connectivity index is 1.71. The van der Waals surface area contributed by atoms with Crippen LogP contribution in [0, 0.1) is 11.6 Å². The molecule has 1 fully saturated rings. The van der Waals surface area contributed by atoms with Crippen LogP contribution in [0.4, 0.5) is 14.5 Å². The molecule has 4 atom stereocenters. The number of aliphatic hydroxyl groups excluding tert-OH is 2. The largest absolute Gasteiger partial charge is 0.394 e. The Kier molecular flexibility index (Phi) is 8.56. The molecule has 0 saturated carbocycles. The number of nitrogens with two attached hydrogens (primary N) is 1. The Bertz CT molecular complexity index is 1370. The summed E-state index contributed by atoms with van der Waals surface area (Å²) < 4.78 is 36.3. The second kappa shape index (κ2) is 11.5. The van der Waals surface area contributed by atoms with Gasteiger partial charge in [-0.2, -0.15) is 0 Å². The molecule has 0 bridgehead atoms. The normalized spacial score (nSPS) is 22.9. The average Bonchev–Trinajstić information content (AvgIpc) is 3.34. The van der Waals surface area contributed by atoms with Crippen molar-refractivity contribution in [1.29, 1.82) is 0 Å². The van der Waals surface area contributed by atoms with Gasteiger partial charge < -0.3 is 20.7 Å². The first-order chi connectivity index (χ1) is 17.6. The predicted octanol–water partition coefficient (Wildman–Crippen LogP) is 4.45. The van der Waals surface area contributed by atoms with E-state index in [0.29, 0.717) is 15.2 Å². The van der Waals surface area contributed by atoms with Crippen molar-refractivity contribution >= 4 is 56.5 Å².